The molecule has 6 heteroatoms. The van der Waals surface area contributed by atoms with Crippen molar-refractivity contribution in [2.45, 2.75) is 25.1 Å². The van der Waals surface area contributed by atoms with Crippen LogP contribution in [0.3, 0.4) is 0 Å². The standard InChI is InChI=1S/C26H26N2O3S/c1-2-31-23-11-7-6-10-22(23)28-25(30)18-32-26(28)20-13-15-21(16-14-20)27-24(29)17-12-19-8-4-3-5-9-19/h3-11,13-16,26H,2,12,17-18H2,1H3,(H,27,29)/t26-/m1/s1. The minimum atomic E-state index is -0.132. The van der Waals surface area contributed by atoms with Crippen LogP contribution in [0.2, 0.25) is 0 Å². The maximum absolute atomic E-state index is 12.7. The number of carbonyl (C=O) groups excluding carboxylic acids is 2. The van der Waals surface area contributed by atoms with Gasteiger partial charge in [-0.2, -0.15) is 0 Å². The predicted octanol–water partition coefficient (Wildman–Crippen LogP) is 5.44. The van der Waals surface area contributed by atoms with Crippen molar-refractivity contribution in [3.05, 3.63) is 90.0 Å². The molecule has 1 saturated heterocycles. The zero-order chi connectivity index (χ0) is 22.3. The number of carbonyl (C=O) groups is 2. The normalized spacial score (nSPS) is 15.6. The van der Waals surface area contributed by atoms with Gasteiger partial charge in [-0.15, -0.1) is 11.8 Å². The molecule has 2 amide bonds. The van der Waals surface area contributed by atoms with Crippen LogP contribution in [-0.4, -0.2) is 24.2 Å². The lowest BCUT2D eigenvalue weighted by atomic mass is 10.1. The van der Waals surface area contributed by atoms with Gasteiger partial charge in [0.2, 0.25) is 11.8 Å². The number of para-hydroxylation sites is 2. The molecule has 1 atom stereocenters. The van der Waals surface area contributed by atoms with Gasteiger partial charge in [-0.25, -0.2) is 0 Å². The van der Waals surface area contributed by atoms with Crippen LogP contribution in [0.15, 0.2) is 78.9 Å². The first-order valence-corrected chi connectivity index (χ1v) is 11.8. The van der Waals surface area contributed by atoms with Crippen LogP contribution in [0.4, 0.5) is 11.4 Å². The van der Waals surface area contributed by atoms with Crippen molar-refractivity contribution in [1.82, 2.24) is 0 Å². The molecule has 164 valence electrons. The van der Waals surface area contributed by atoms with Crippen LogP contribution < -0.4 is 15.0 Å². The summed E-state index contributed by atoms with van der Waals surface area (Å²) in [6, 6.07) is 25.3. The first-order chi connectivity index (χ1) is 15.7. The number of benzene rings is 3. The van der Waals surface area contributed by atoms with Gasteiger partial charge < -0.3 is 10.1 Å². The number of rotatable bonds is 8. The number of hydrogen-bond donors (Lipinski definition) is 1. The van der Waals surface area contributed by atoms with E-state index in [1.807, 2.05) is 90.7 Å². The Morgan fingerprint density at radius 2 is 1.75 bits per heavy atom. The second-order valence-corrected chi connectivity index (χ2v) is 8.55. The predicted molar refractivity (Wildman–Crippen MR) is 130 cm³/mol. The van der Waals surface area contributed by atoms with Crippen molar-refractivity contribution < 1.29 is 14.3 Å². The SMILES string of the molecule is CCOc1ccccc1N1C(=O)CS[C@@H]1c1ccc(NC(=O)CCc2ccccc2)cc1. The zero-order valence-corrected chi connectivity index (χ0v) is 18.8. The van der Waals surface area contributed by atoms with Gasteiger partial charge in [-0.1, -0.05) is 54.6 Å². The van der Waals surface area contributed by atoms with Crippen LogP contribution in [0.1, 0.15) is 29.8 Å². The zero-order valence-electron chi connectivity index (χ0n) is 18.0. The second-order valence-electron chi connectivity index (χ2n) is 7.48. The Hall–Kier alpha value is -3.25. The minimum Gasteiger partial charge on any atom is -0.492 e. The molecule has 0 radical (unpaired) electrons. The van der Waals surface area contributed by atoms with Gasteiger partial charge in [-0.3, -0.25) is 14.5 Å². The van der Waals surface area contributed by atoms with Crippen LogP contribution in [0, 0.1) is 0 Å². The van der Waals surface area contributed by atoms with Gasteiger partial charge in [-0.05, 0) is 48.7 Å². The number of amides is 2. The topological polar surface area (TPSA) is 58.6 Å². The number of nitrogens with zero attached hydrogens (tertiary/aromatic N) is 1. The third-order valence-corrected chi connectivity index (χ3v) is 6.47. The number of aryl methyl sites for hydroxylation is 1. The summed E-state index contributed by atoms with van der Waals surface area (Å²) in [5.74, 6) is 1.17. The molecular formula is C26H26N2O3S. The third-order valence-electron chi connectivity index (χ3n) is 5.26. The fraction of sp³-hybridized carbons (Fsp3) is 0.231. The van der Waals surface area contributed by atoms with Crippen molar-refractivity contribution in [1.29, 1.82) is 0 Å². The van der Waals surface area contributed by atoms with E-state index < -0.39 is 0 Å². The Balaban J connectivity index is 1.44. The molecule has 1 aliphatic rings. The highest BCUT2D eigenvalue weighted by Crippen LogP contribution is 2.44. The van der Waals surface area contributed by atoms with Crippen LogP contribution >= 0.6 is 11.8 Å². The molecule has 1 N–H and O–H groups in total. The largest absolute Gasteiger partial charge is 0.492 e. The first kappa shape index (κ1) is 22.0. The molecule has 1 fully saturated rings. The summed E-state index contributed by atoms with van der Waals surface area (Å²) in [4.78, 5) is 26.8. The molecule has 5 nitrogen and oxygen atoms in total. The fourth-order valence-electron chi connectivity index (χ4n) is 3.72. The lowest BCUT2D eigenvalue weighted by molar-refractivity contribution is -0.116. The number of nitrogens with one attached hydrogen (secondary N) is 1. The Morgan fingerprint density at radius 1 is 1.03 bits per heavy atom. The monoisotopic (exact) mass is 446 g/mol. The van der Waals surface area contributed by atoms with E-state index in [1.165, 1.54) is 0 Å². The van der Waals surface area contributed by atoms with Crippen molar-refractivity contribution in [2.24, 2.45) is 0 Å². The van der Waals surface area contributed by atoms with E-state index >= 15 is 0 Å². The summed E-state index contributed by atoms with van der Waals surface area (Å²) in [6.07, 6.45) is 1.14. The van der Waals surface area contributed by atoms with E-state index in [4.69, 9.17) is 4.74 Å². The van der Waals surface area contributed by atoms with Crippen molar-refractivity contribution in [3.63, 3.8) is 0 Å². The summed E-state index contributed by atoms with van der Waals surface area (Å²) in [5.41, 5.74) is 3.69. The lowest BCUT2D eigenvalue weighted by Crippen LogP contribution is -2.28. The highest BCUT2D eigenvalue weighted by atomic mass is 32.2. The van der Waals surface area contributed by atoms with E-state index in [0.29, 0.717) is 31.0 Å². The van der Waals surface area contributed by atoms with Crippen LogP contribution in [-0.2, 0) is 16.0 Å². The van der Waals surface area contributed by atoms with E-state index in [1.54, 1.807) is 11.8 Å². The summed E-state index contributed by atoms with van der Waals surface area (Å²) in [6.45, 7) is 2.47. The molecular weight excluding hydrogens is 420 g/mol. The van der Waals surface area contributed by atoms with Gasteiger partial charge in [0.15, 0.2) is 0 Å². The number of hydrogen-bond acceptors (Lipinski definition) is 4. The molecule has 0 aromatic heterocycles. The van der Waals surface area contributed by atoms with Crippen molar-refractivity contribution in [3.8, 4) is 5.75 Å². The van der Waals surface area contributed by atoms with E-state index in [-0.39, 0.29) is 17.2 Å². The van der Waals surface area contributed by atoms with Crippen molar-refractivity contribution >= 4 is 35.0 Å². The summed E-state index contributed by atoms with van der Waals surface area (Å²) < 4.78 is 5.75. The molecule has 1 aliphatic heterocycles. The van der Waals surface area contributed by atoms with Gasteiger partial charge in [0.25, 0.3) is 0 Å². The number of thioether (sulfide) groups is 1. The van der Waals surface area contributed by atoms with Crippen LogP contribution in [0.25, 0.3) is 0 Å². The maximum Gasteiger partial charge on any atom is 0.238 e. The summed E-state index contributed by atoms with van der Waals surface area (Å²) >= 11 is 1.59. The molecule has 4 rings (SSSR count). The van der Waals surface area contributed by atoms with Gasteiger partial charge in [0.1, 0.15) is 11.1 Å². The summed E-state index contributed by atoms with van der Waals surface area (Å²) in [7, 11) is 0. The van der Waals surface area contributed by atoms with Gasteiger partial charge in [0.05, 0.1) is 18.0 Å². The van der Waals surface area contributed by atoms with Crippen molar-refractivity contribution in [2.75, 3.05) is 22.6 Å². The van der Waals surface area contributed by atoms with E-state index in [2.05, 4.69) is 5.32 Å². The molecule has 0 bridgehead atoms. The minimum absolute atomic E-state index is 0.0145. The second kappa shape index (κ2) is 10.4. The highest BCUT2D eigenvalue weighted by Gasteiger charge is 2.35. The van der Waals surface area contributed by atoms with E-state index in [0.717, 1.165) is 22.5 Å². The molecule has 3 aromatic rings. The number of ether oxygens (including phenoxy) is 1. The first-order valence-electron chi connectivity index (χ1n) is 10.7. The van der Waals surface area contributed by atoms with Gasteiger partial charge in [0, 0.05) is 12.1 Å². The molecule has 0 aliphatic carbocycles. The molecule has 1 heterocycles. The third kappa shape index (κ3) is 5.14. The average molecular weight is 447 g/mol. The van der Waals surface area contributed by atoms with Crippen LogP contribution in [0.5, 0.6) is 5.75 Å². The fourth-order valence-corrected chi connectivity index (χ4v) is 4.89. The molecule has 0 unspecified atom stereocenters. The number of anilines is 2. The smallest absolute Gasteiger partial charge is 0.238 e. The lowest BCUT2D eigenvalue weighted by Gasteiger charge is -2.26. The molecule has 32 heavy (non-hydrogen) atoms. The average Bonchev–Trinajstić information content (AvgIpc) is 3.20. The Kier molecular flexibility index (Phi) is 7.12. The molecule has 3 aromatic carbocycles. The van der Waals surface area contributed by atoms with Gasteiger partial charge >= 0.3 is 0 Å². The summed E-state index contributed by atoms with van der Waals surface area (Å²) in [5, 5.41) is 2.83. The quantitative estimate of drug-likeness (QED) is 0.501. The molecule has 0 spiro atoms. The van der Waals surface area contributed by atoms with E-state index in [9.17, 15) is 9.59 Å². The Labute approximate surface area is 192 Å². The molecule has 0 saturated carbocycles. The Morgan fingerprint density at radius 3 is 2.50 bits per heavy atom. The Bertz CT molecular complexity index is 1070. The highest BCUT2D eigenvalue weighted by molar-refractivity contribution is 8.00. The maximum atomic E-state index is 12.7.